The van der Waals surface area contributed by atoms with Crippen LogP contribution in [0.3, 0.4) is 0 Å². The van der Waals surface area contributed by atoms with Crippen molar-refractivity contribution in [3.8, 4) is 22.4 Å². The van der Waals surface area contributed by atoms with Crippen LogP contribution in [0.25, 0.3) is 22.4 Å². The molecule has 27 heavy (non-hydrogen) atoms. The molecule has 2 aromatic carbocycles. The van der Waals surface area contributed by atoms with Crippen molar-refractivity contribution in [1.82, 2.24) is 5.16 Å². The van der Waals surface area contributed by atoms with Crippen LogP contribution in [0.5, 0.6) is 0 Å². The number of benzene rings is 2. The zero-order valence-corrected chi connectivity index (χ0v) is 14.5. The molecule has 2 N–H and O–H groups in total. The van der Waals surface area contributed by atoms with Gasteiger partial charge >= 0.3 is 0 Å². The average Bonchev–Trinajstić information content (AvgIpc) is 3.01. The molecule has 5 nitrogen and oxygen atoms in total. The molecule has 0 amide bonds. The first-order valence-electron chi connectivity index (χ1n) is 7.46. The van der Waals surface area contributed by atoms with E-state index in [9.17, 15) is 26.0 Å². The molecule has 142 valence electrons. The minimum Gasteiger partial charge on any atom is -0.354 e. The van der Waals surface area contributed by atoms with Crippen LogP contribution in [0.15, 0.2) is 45.8 Å². The Morgan fingerprint density at radius 3 is 2.26 bits per heavy atom. The summed E-state index contributed by atoms with van der Waals surface area (Å²) in [6, 6.07) is 7.28. The maximum absolute atomic E-state index is 14.5. The molecule has 0 atom stereocenters. The van der Waals surface area contributed by atoms with Crippen LogP contribution >= 0.6 is 0 Å². The van der Waals surface area contributed by atoms with Crippen molar-refractivity contribution in [3.63, 3.8) is 0 Å². The molecule has 0 aliphatic rings. The predicted octanol–water partition coefficient (Wildman–Crippen LogP) is 4.18. The summed E-state index contributed by atoms with van der Waals surface area (Å²) in [5.41, 5.74) is -0.000563. The molecule has 0 fully saturated rings. The van der Waals surface area contributed by atoms with Crippen LogP contribution in [-0.4, -0.2) is 13.6 Å². The number of nitrogens with zero attached hydrogens (tertiary/aromatic N) is 1. The summed E-state index contributed by atoms with van der Waals surface area (Å²) in [4.78, 5) is -1.09. The lowest BCUT2D eigenvalue weighted by atomic mass is 9.98. The summed E-state index contributed by atoms with van der Waals surface area (Å²) in [7, 11) is -4.54. The Balaban J connectivity index is 2.29. The monoisotopic (exact) mass is 400 g/mol. The van der Waals surface area contributed by atoms with Crippen LogP contribution in [-0.2, 0) is 10.0 Å². The van der Waals surface area contributed by atoms with E-state index >= 15 is 0 Å². The van der Waals surface area contributed by atoms with E-state index < -0.39 is 49.9 Å². The molecule has 0 bridgehead atoms. The number of aryl methyl sites for hydroxylation is 1. The van der Waals surface area contributed by atoms with E-state index in [4.69, 9.17) is 5.14 Å². The number of rotatable bonds is 4. The number of primary sulfonamides is 1. The molecule has 3 aromatic rings. The second-order valence-electron chi connectivity index (χ2n) is 5.74. The minimum atomic E-state index is -4.54. The van der Waals surface area contributed by atoms with E-state index in [0.717, 1.165) is 5.56 Å². The van der Waals surface area contributed by atoms with E-state index in [1.54, 1.807) is 31.2 Å². The van der Waals surface area contributed by atoms with E-state index in [0.29, 0.717) is 17.7 Å². The SMILES string of the molecule is Cc1ccc(-c2noc(C(F)F)c2-c2cc(F)c(S(N)(=O)=O)cc2F)cc1. The average molecular weight is 400 g/mol. The normalized spacial score (nSPS) is 12.0. The van der Waals surface area contributed by atoms with Gasteiger partial charge in [0.25, 0.3) is 6.43 Å². The summed E-state index contributed by atoms with van der Waals surface area (Å²) in [6.45, 7) is 1.80. The van der Waals surface area contributed by atoms with Gasteiger partial charge in [0.15, 0.2) is 0 Å². The van der Waals surface area contributed by atoms with Crippen LogP contribution in [0.1, 0.15) is 17.7 Å². The highest BCUT2D eigenvalue weighted by atomic mass is 32.2. The second-order valence-corrected chi connectivity index (χ2v) is 7.27. The van der Waals surface area contributed by atoms with E-state index in [2.05, 4.69) is 9.68 Å². The zero-order chi connectivity index (χ0) is 19.9. The lowest BCUT2D eigenvalue weighted by Gasteiger charge is -2.09. The van der Waals surface area contributed by atoms with Gasteiger partial charge in [0.05, 0.1) is 5.56 Å². The van der Waals surface area contributed by atoms with Gasteiger partial charge in [-0.2, -0.15) is 0 Å². The first-order chi connectivity index (χ1) is 12.6. The molecular formula is C17H12F4N2O3S. The van der Waals surface area contributed by atoms with Gasteiger partial charge in [-0.25, -0.2) is 31.1 Å². The largest absolute Gasteiger partial charge is 0.354 e. The molecule has 0 unspecified atom stereocenters. The maximum Gasteiger partial charge on any atom is 0.298 e. The molecular weight excluding hydrogens is 388 g/mol. The quantitative estimate of drug-likeness (QED) is 0.666. The Hall–Kier alpha value is -2.72. The Bertz CT molecular complexity index is 1110. The molecule has 0 saturated heterocycles. The molecule has 0 aliphatic carbocycles. The van der Waals surface area contributed by atoms with Crippen molar-refractivity contribution >= 4 is 10.0 Å². The number of hydrogen-bond acceptors (Lipinski definition) is 4. The fraction of sp³-hybridized carbons (Fsp3) is 0.118. The number of halogens is 4. The van der Waals surface area contributed by atoms with Gasteiger partial charge in [-0.15, -0.1) is 0 Å². The van der Waals surface area contributed by atoms with Gasteiger partial charge in [0, 0.05) is 11.1 Å². The van der Waals surface area contributed by atoms with Crippen LogP contribution < -0.4 is 5.14 Å². The number of nitrogens with two attached hydrogens (primary N) is 1. The Morgan fingerprint density at radius 2 is 1.70 bits per heavy atom. The third kappa shape index (κ3) is 3.58. The Labute approximate surface area is 151 Å². The molecule has 3 rings (SSSR count). The van der Waals surface area contributed by atoms with Crippen molar-refractivity contribution < 1.29 is 30.5 Å². The smallest absolute Gasteiger partial charge is 0.298 e. The number of alkyl halides is 2. The summed E-state index contributed by atoms with van der Waals surface area (Å²) >= 11 is 0. The molecule has 0 spiro atoms. The van der Waals surface area contributed by atoms with Crippen LogP contribution in [0.2, 0.25) is 0 Å². The predicted molar refractivity (Wildman–Crippen MR) is 88.4 cm³/mol. The highest BCUT2D eigenvalue weighted by Crippen LogP contribution is 2.41. The number of hydrogen-bond donors (Lipinski definition) is 1. The Morgan fingerprint density at radius 1 is 1.07 bits per heavy atom. The summed E-state index contributed by atoms with van der Waals surface area (Å²) in [5, 5.41) is 8.39. The third-order valence-electron chi connectivity index (χ3n) is 3.84. The maximum atomic E-state index is 14.5. The minimum absolute atomic E-state index is 0.132. The van der Waals surface area contributed by atoms with E-state index in [1.165, 1.54) is 0 Å². The molecule has 0 aliphatic heterocycles. The lowest BCUT2D eigenvalue weighted by molar-refractivity contribution is 0.113. The van der Waals surface area contributed by atoms with Gasteiger partial charge < -0.3 is 4.52 Å². The summed E-state index contributed by atoms with van der Waals surface area (Å²) < 4.78 is 82.7. The van der Waals surface area contributed by atoms with Crippen LogP contribution in [0.4, 0.5) is 17.6 Å². The van der Waals surface area contributed by atoms with Crippen molar-refractivity contribution in [3.05, 3.63) is 59.4 Å². The van der Waals surface area contributed by atoms with Crippen LogP contribution in [0, 0.1) is 18.6 Å². The molecule has 1 aromatic heterocycles. The van der Waals surface area contributed by atoms with Gasteiger partial charge in [-0.3, -0.25) is 0 Å². The lowest BCUT2D eigenvalue weighted by Crippen LogP contribution is -2.14. The standard InChI is InChI=1S/C17H12F4N2O3S/c1-8-2-4-9(5-3-8)15-14(16(17(20)21)26-23-15)10-6-12(19)13(7-11(10)18)27(22,24)25/h2-7,17H,1H3,(H2,22,24,25). The zero-order valence-electron chi connectivity index (χ0n) is 13.7. The number of aromatic nitrogens is 1. The summed E-state index contributed by atoms with van der Waals surface area (Å²) in [5.74, 6) is -3.61. The van der Waals surface area contributed by atoms with Gasteiger partial charge in [0.1, 0.15) is 22.2 Å². The first kappa shape index (κ1) is 19.1. The fourth-order valence-corrected chi connectivity index (χ4v) is 3.16. The van der Waals surface area contributed by atoms with Gasteiger partial charge in [-0.05, 0) is 19.1 Å². The van der Waals surface area contributed by atoms with Gasteiger partial charge in [-0.1, -0.05) is 35.0 Å². The topological polar surface area (TPSA) is 86.2 Å². The molecule has 10 heteroatoms. The first-order valence-corrected chi connectivity index (χ1v) is 9.01. The van der Waals surface area contributed by atoms with E-state index in [1.807, 2.05) is 0 Å². The third-order valence-corrected chi connectivity index (χ3v) is 4.77. The highest BCUT2D eigenvalue weighted by molar-refractivity contribution is 7.89. The fourth-order valence-electron chi connectivity index (χ4n) is 2.56. The summed E-state index contributed by atoms with van der Waals surface area (Å²) in [6.07, 6.45) is -3.16. The van der Waals surface area contributed by atoms with Gasteiger partial charge in [0.2, 0.25) is 15.8 Å². The van der Waals surface area contributed by atoms with Crippen molar-refractivity contribution in [2.45, 2.75) is 18.2 Å². The highest BCUT2D eigenvalue weighted by Gasteiger charge is 2.29. The van der Waals surface area contributed by atoms with Crippen molar-refractivity contribution in [1.29, 1.82) is 0 Å². The molecule has 0 radical (unpaired) electrons. The molecule has 1 heterocycles. The van der Waals surface area contributed by atoms with Crippen molar-refractivity contribution in [2.24, 2.45) is 5.14 Å². The Kier molecular flexibility index (Phi) is 4.79. The second kappa shape index (κ2) is 6.78. The van der Waals surface area contributed by atoms with E-state index in [-0.39, 0.29) is 5.69 Å². The van der Waals surface area contributed by atoms with Crippen molar-refractivity contribution in [2.75, 3.05) is 0 Å². The number of sulfonamides is 1. The molecule has 0 saturated carbocycles.